The number of carbonyl (C=O) groups excluding carboxylic acids is 1. The van der Waals surface area contributed by atoms with Gasteiger partial charge in [0.2, 0.25) is 0 Å². The van der Waals surface area contributed by atoms with E-state index in [1.165, 1.54) is 0 Å². The maximum Gasteiger partial charge on any atom is 0.326 e. The lowest BCUT2D eigenvalue weighted by Crippen LogP contribution is -2.55. The molecule has 3 N–H and O–H groups in total. The number of piperazine rings is 1. The van der Waals surface area contributed by atoms with E-state index in [0.29, 0.717) is 31.2 Å². The highest BCUT2D eigenvalue weighted by Gasteiger charge is 2.31. The SMILES string of the molecule is CC(c1c[nH]c2ccccc12)C(NC(=O)N1CCN(c2ccc(Cl)cc2)CC1)C(=O)O. The minimum absolute atomic E-state index is 0.352. The highest BCUT2D eigenvalue weighted by molar-refractivity contribution is 6.30. The van der Waals surface area contributed by atoms with Crippen LogP contribution in [-0.2, 0) is 4.79 Å². The molecule has 1 aliphatic rings. The summed E-state index contributed by atoms with van der Waals surface area (Å²) in [6, 6.07) is 14.0. The van der Waals surface area contributed by atoms with E-state index in [9.17, 15) is 14.7 Å². The van der Waals surface area contributed by atoms with Gasteiger partial charge >= 0.3 is 12.0 Å². The van der Waals surface area contributed by atoms with Gasteiger partial charge in [-0.2, -0.15) is 0 Å². The molecule has 3 aromatic rings. The number of halogens is 1. The quantitative estimate of drug-likeness (QED) is 0.561. The van der Waals surface area contributed by atoms with Crippen LogP contribution in [0.2, 0.25) is 5.02 Å². The first-order chi connectivity index (χ1) is 14.9. The fourth-order valence-corrected chi connectivity index (χ4v) is 4.22. The van der Waals surface area contributed by atoms with Gasteiger partial charge in [0.25, 0.3) is 0 Å². The van der Waals surface area contributed by atoms with E-state index in [1.807, 2.05) is 61.7 Å². The second-order valence-corrected chi connectivity index (χ2v) is 8.23. The van der Waals surface area contributed by atoms with Gasteiger partial charge in [0.15, 0.2) is 0 Å². The zero-order valence-electron chi connectivity index (χ0n) is 17.2. The number of nitrogens with zero attached hydrogens (tertiary/aromatic N) is 2. The van der Waals surface area contributed by atoms with Gasteiger partial charge in [-0.1, -0.05) is 36.7 Å². The first kappa shape index (κ1) is 21.1. The normalized spacial score (nSPS) is 16.2. The molecule has 2 unspecified atom stereocenters. The van der Waals surface area contributed by atoms with Crippen molar-refractivity contribution in [3.63, 3.8) is 0 Å². The molecule has 162 valence electrons. The maximum atomic E-state index is 12.8. The third-order valence-electron chi connectivity index (χ3n) is 5.92. The molecule has 2 heterocycles. The van der Waals surface area contributed by atoms with Crippen molar-refractivity contribution in [3.05, 3.63) is 65.3 Å². The second kappa shape index (κ2) is 8.89. The number of aliphatic carboxylic acids is 1. The van der Waals surface area contributed by atoms with E-state index in [-0.39, 0.29) is 6.03 Å². The van der Waals surface area contributed by atoms with Crippen molar-refractivity contribution < 1.29 is 14.7 Å². The van der Waals surface area contributed by atoms with E-state index >= 15 is 0 Å². The number of H-pyrrole nitrogens is 1. The van der Waals surface area contributed by atoms with E-state index in [1.54, 1.807) is 4.90 Å². The van der Waals surface area contributed by atoms with Crippen molar-refractivity contribution in [2.24, 2.45) is 0 Å². The van der Waals surface area contributed by atoms with Gasteiger partial charge in [-0.05, 0) is 35.9 Å². The number of nitrogens with one attached hydrogen (secondary N) is 2. The zero-order valence-corrected chi connectivity index (χ0v) is 18.0. The average molecular weight is 441 g/mol. The molecule has 2 amide bonds. The molecule has 0 aliphatic carbocycles. The molecule has 0 radical (unpaired) electrons. The Hall–Kier alpha value is -3.19. The van der Waals surface area contributed by atoms with Gasteiger partial charge in [0, 0.05) is 59.9 Å². The van der Waals surface area contributed by atoms with Crippen LogP contribution in [0.1, 0.15) is 18.4 Å². The summed E-state index contributed by atoms with van der Waals surface area (Å²) in [6.07, 6.45) is 1.82. The van der Waals surface area contributed by atoms with Crippen LogP contribution in [0, 0.1) is 0 Å². The highest BCUT2D eigenvalue weighted by atomic mass is 35.5. The van der Waals surface area contributed by atoms with Gasteiger partial charge < -0.3 is 25.2 Å². The summed E-state index contributed by atoms with van der Waals surface area (Å²) >= 11 is 5.95. The number of anilines is 1. The van der Waals surface area contributed by atoms with Gasteiger partial charge in [-0.25, -0.2) is 9.59 Å². The summed E-state index contributed by atoms with van der Waals surface area (Å²) in [5.41, 5.74) is 2.87. The Morgan fingerprint density at radius 3 is 2.42 bits per heavy atom. The number of carboxylic acid groups (broad SMARTS) is 1. The number of aromatic nitrogens is 1. The van der Waals surface area contributed by atoms with E-state index in [0.717, 1.165) is 22.2 Å². The number of hydrogen-bond donors (Lipinski definition) is 3. The molecular formula is C23H25ClN4O3. The fraction of sp³-hybridized carbons (Fsp3) is 0.304. The Kier molecular flexibility index (Phi) is 6.04. The molecule has 7 nitrogen and oxygen atoms in total. The van der Waals surface area contributed by atoms with Crippen LogP contribution >= 0.6 is 11.6 Å². The Labute approximate surface area is 185 Å². The molecule has 0 saturated carbocycles. The molecule has 4 rings (SSSR count). The monoisotopic (exact) mass is 440 g/mol. The highest BCUT2D eigenvalue weighted by Crippen LogP contribution is 2.28. The summed E-state index contributed by atoms with van der Waals surface area (Å²) in [7, 11) is 0. The number of carboxylic acids is 1. The van der Waals surface area contributed by atoms with Crippen LogP contribution in [0.5, 0.6) is 0 Å². The van der Waals surface area contributed by atoms with Crippen molar-refractivity contribution in [1.82, 2.24) is 15.2 Å². The summed E-state index contributed by atoms with van der Waals surface area (Å²) < 4.78 is 0. The number of hydrogen-bond acceptors (Lipinski definition) is 3. The molecule has 31 heavy (non-hydrogen) atoms. The van der Waals surface area contributed by atoms with E-state index < -0.39 is 17.9 Å². The zero-order chi connectivity index (χ0) is 22.0. The number of rotatable bonds is 5. The van der Waals surface area contributed by atoms with Crippen LogP contribution < -0.4 is 10.2 Å². The van der Waals surface area contributed by atoms with Crippen LogP contribution in [0.3, 0.4) is 0 Å². The summed E-state index contributed by atoms with van der Waals surface area (Å²) in [6.45, 7) is 4.20. The Morgan fingerprint density at radius 1 is 1.06 bits per heavy atom. The van der Waals surface area contributed by atoms with Gasteiger partial charge in [-0.15, -0.1) is 0 Å². The number of aromatic amines is 1. The lowest BCUT2D eigenvalue weighted by Gasteiger charge is -2.37. The predicted octanol–water partition coefficient (Wildman–Crippen LogP) is 3.91. The number of para-hydroxylation sites is 1. The smallest absolute Gasteiger partial charge is 0.326 e. The van der Waals surface area contributed by atoms with Crippen molar-refractivity contribution in [2.45, 2.75) is 18.9 Å². The van der Waals surface area contributed by atoms with Crippen molar-refractivity contribution in [1.29, 1.82) is 0 Å². The third-order valence-corrected chi connectivity index (χ3v) is 6.17. The molecule has 1 fully saturated rings. The first-order valence-electron chi connectivity index (χ1n) is 10.3. The average Bonchev–Trinajstić information content (AvgIpc) is 3.21. The largest absolute Gasteiger partial charge is 0.480 e. The number of carbonyl (C=O) groups is 2. The van der Waals surface area contributed by atoms with Crippen molar-refractivity contribution in [2.75, 3.05) is 31.1 Å². The van der Waals surface area contributed by atoms with E-state index in [2.05, 4.69) is 15.2 Å². The topological polar surface area (TPSA) is 88.7 Å². The molecule has 2 aromatic carbocycles. The lowest BCUT2D eigenvalue weighted by atomic mass is 9.93. The molecule has 2 atom stereocenters. The Morgan fingerprint density at radius 2 is 1.74 bits per heavy atom. The van der Waals surface area contributed by atoms with Gasteiger partial charge in [-0.3, -0.25) is 0 Å². The van der Waals surface area contributed by atoms with Crippen LogP contribution in [0.15, 0.2) is 54.7 Å². The molecule has 0 spiro atoms. The second-order valence-electron chi connectivity index (χ2n) is 7.79. The molecule has 1 aromatic heterocycles. The minimum atomic E-state index is -1.05. The molecule has 0 bridgehead atoms. The fourth-order valence-electron chi connectivity index (χ4n) is 4.09. The van der Waals surface area contributed by atoms with Crippen LogP contribution in [0.4, 0.5) is 10.5 Å². The molecular weight excluding hydrogens is 416 g/mol. The number of fused-ring (bicyclic) bond motifs is 1. The van der Waals surface area contributed by atoms with E-state index in [4.69, 9.17) is 11.6 Å². The van der Waals surface area contributed by atoms with Crippen molar-refractivity contribution in [3.8, 4) is 0 Å². The van der Waals surface area contributed by atoms with Crippen LogP contribution in [0.25, 0.3) is 10.9 Å². The number of amides is 2. The van der Waals surface area contributed by atoms with Crippen molar-refractivity contribution >= 4 is 40.2 Å². The van der Waals surface area contributed by atoms with Gasteiger partial charge in [0.1, 0.15) is 6.04 Å². The standard InChI is InChI=1S/C23H25ClN4O3/c1-15(19-14-25-20-5-3-2-4-18(19)20)21(22(29)30)26-23(31)28-12-10-27(11-13-28)17-8-6-16(24)7-9-17/h2-9,14-15,21,25H,10-13H2,1H3,(H,26,31)(H,29,30). The number of benzene rings is 2. The molecule has 1 aliphatic heterocycles. The minimum Gasteiger partial charge on any atom is -0.480 e. The Balaban J connectivity index is 1.41. The summed E-state index contributed by atoms with van der Waals surface area (Å²) in [4.78, 5) is 31.9. The van der Waals surface area contributed by atoms with Crippen LogP contribution in [-0.4, -0.2) is 59.2 Å². The molecule has 8 heteroatoms. The maximum absolute atomic E-state index is 12.8. The Bertz CT molecular complexity index is 1070. The summed E-state index contributed by atoms with van der Waals surface area (Å²) in [5.74, 6) is -1.45. The summed E-state index contributed by atoms with van der Waals surface area (Å²) in [5, 5.41) is 14.2. The lowest BCUT2D eigenvalue weighted by molar-refractivity contribution is -0.139. The van der Waals surface area contributed by atoms with Gasteiger partial charge in [0.05, 0.1) is 0 Å². The first-order valence-corrected chi connectivity index (χ1v) is 10.7. The third kappa shape index (κ3) is 4.46. The molecule has 1 saturated heterocycles. The number of urea groups is 1. The predicted molar refractivity (Wildman–Crippen MR) is 122 cm³/mol.